The summed E-state index contributed by atoms with van der Waals surface area (Å²) in [5, 5.41) is 3.22. The molecule has 0 saturated carbocycles. The maximum absolute atomic E-state index is 11.8. The smallest absolute Gasteiger partial charge is 0.238 e. The average Bonchev–Trinajstić information content (AvgIpc) is 2.46. The molecule has 3 N–H and O–H groups in total. The van der Waals surface area contributed by atoms with Crippen LogP contribution in [0.25, 0.3) is 0 Å². The van der Waals surface area contributed by atoms with Gasteiger partial charge in [0.05, 0.1) is 11.4 Å². The highest BCUT2D eigenvalue weighted by Crippen LogP contribution is 2.33. The number of benzene rings is 1. The number of hydrogen-bond donors (Lipinski definition) is 2. The standard InChI is InChI=1S/C15H24N4O/c1-17-12-6-4-5-7-13(12)19-10-8-15(9-11-19,14(16)20)18(2)3/h4-7,17H,8-11H2,1-3H3,(H2,16,20). The van der Waals surface area contributed by atoms with E-state index in [1.807, 2.05) is 38.2 Å². The minimum atomic E-state index is -0.509. The van der Waals surface area contributed by atoms with Crippen LogP contribution in [0.1, 0.15) is 12.8 Å². The molecule has 1 aliphatic rings. The Morgan fingerprint density at radius 2 is 1.90 bits per heavy atom. The fourth-order valence-corrected chi connectivity index (χ4v) is 2.99. The Bertz CT molecular complexity index is 479. The molecule has 0 radical (unpaired) electrons. The molecule has 0 atom stereocenters. The van der Waals surface area contributed by atoms with Gasteiger partial charge >= 0.3 is 0 Å². The molecule has 1 aromatic carbocycles. The summed E-state index contributed by atoms with van der Waals surface area (Å²) in [6.45, 7) is 1.67. The molecule has 0 aliphatic carbocycles. The Balaban J connectivity index is 2.17. The van der Waals surface area contributed by atoms with Crippen LogP contribution in [-0.2, 0) is 4.79 Å². The molecule has 1 aromatic rings. The van der Waals surface area contributed by atoms with Crippen molar-refractivity contribution < 1.29 is 4.79 Å². The van der Waals surface area contributed by atoms with Crippen molar-refractivity contribution in [3.63, 3.8) is 0 Å². The first kappa shape index (κ1) is 14.7. The highest BCUT2D eigenvalue weighted by Gasteiger charge is 2.42. The van der Waals surface area contributed by atoms with Gasteiger partial charge in [0.2, 0.25) is 5.91 Å². The topological polar surface area (TPSA) is 61.6 Å². The van der Waals surface area contributed by atoms with E-state index in [0.29, 0.717) is 0 Å². The van der Waals surface area contributed by atoms with Gasteiger partial charge in [-0.1, -0.05) is 12.1 Å². The van der Waals surface area contributed by atoms with Gasteiger partial charge in [0.1, 0.15) is 5.54 Å². The SMILES string of the molecule is CNc1ccccc1N1CCC(C(N)=O)(N(C)C)CC1. The van der Waals surface area contributed by atoms with Crippen LogP contribution in [-0.4, -0.2) is 50.6 Å². The van der Waals surface area contributed by atoms with Crippen molar-refractivity contribution in [1.29, 1.82) is 0 Å². The van der Waals surface area contributed by atoms with Crippen molar-refractivity contribution in [2.75, 3.05) is 44.4 Å². The lowest BCUT2D eigenvalue weighted by molar-refractivity contribution is -0.130. The fourth-order valence-electron chi connectivity index (χ4n) is 2.99. The zero-order chi connectivity index (χ0) is 14.8. The molecule has 0 unspecified atom stereocenters. The molecule has 1 saturated heterocycles. The first-order valence-corrected chi connectivity index (χ1v) is 7.00. The van der Waals surface area contributed by atoms with E-state index in [4.69, 9.17) is 5.73 Å². The number of nitrogens with zero attached hydrogens (tertiary/aromatic N) is 2. The average molecular weight is 276 g/mol. The fraction of sp³-hybridized carbons (Fsp3) is 0.533. The van der Waals surface area contributed by atoms with Gasteiger partial charge in [-0.3, -0.25) is 9.69 Å². The molecule has 1 aliphatic heterocycles. The van der Waals surface area contributed by atoms with E-state index in [2.05, 4.69) is 22.3 Å². The molecule has 0 spiro atoms. The summed E-state index contributed by atoms with van der Waals surface area (Å²) in [5.41, 5.74) is 7.42. The second-order valence-corrected chi connectivity index (χ2v) is 5.54. The van der Waals surface area contributed by atoms with Gasteiger partial charge in [-0.2, -0.15) is 0 Å². The zero-order valence-corrected chi connectivity index (χ0v) is 12.5. The van der Waals surface area contributed by atoms with E-state index in [-0.39, 0.29) is 5.91 Å². The van der Waals surface area contributed by atoms with Crippen molar-refractivity contribution in [2.45, 2.75) is 18.4 Å². The zero-order valence-electron chi connectivity index (χ0n) is 12.5. The number of nitrogens with two attached hydrogens (primary N) is 1. The van der Waals surface area contributed by atoms with Crippen LogP contribution in [0.4, 0.5) is 11.4 Å². The number of primary amides is 1. The Hall–Kier alpha value is -1.75. The molecule has 1 fully saturated rings. The molecule has 20 heavy (non-hydrogen) atoms. The van der Waals surface area contributed by atoms with E-state index >= 15 is 0 Å². The van der Waals surface area contributed by atoms with Crippen LogP contribution in [0.15, 0.2) is 24.3 Å². The molecule has 1 heterocycles. The molecule has 2 rings (SSSR count). The minimum absolute atomic E-state index is 0.218. The molecule has 0 bridgehead atoms. The molecule has 1 amide bonds. The maximum atomic E-state index is 11.8. The molecule has 5 heteroatoms. The van der Waals surface area contributed by atoms with Gasteiger partial charge in [-0.05, 0) is 39.1 Å². The van der Waals surface area contributed by atoms with Gasteiger partial charge in [-0.15, -0.1) is 0 Å². The number of nitrogens with one attached hydrogen (secondary N) is 1. The maximum Gasteiger partial charge on any atom is 0.238 e. The predicted octanol–water partition coefficient (Wildman–Crippen LogP) is 1.11. The number of carbonyl (C=O) groups is 1. The van der Waals surface area contributed by atoms with E-state index in [9.17, 15) is 4.79 Å². The first-order chi connectivity index (χ1) is 9.51. The highest BCUT2D eigenvalue weighted by molar-refractivity contribution is 5.85. The summed E-state index contributed by atoms with van der Waals surface area (Å²) < 4.78 is 0. The normalized spacial score (nSPS) is 18.1. The van der Waals surface area contributed by atoms with Crippen LogP contribution in [0, 0.1) is 0 Å². The van der Waals surface area contributed by atoms with Crippen molar-refractivity contribution >= 4 is 17.3 Å². The molecular formula is C15H24N4O. The quantitative estimate of drug-likeness (QED) is 0.865. The Kier molecular flexibility index (Phi) is 4.18. The van der Waals surface area contributed by atoms with Gasteiger partial charge in [-0.25, -0.2) is 0 Å². The molecule has 5 nitrogen and oxygen atoms in total. The molecule has 110 valence electrons. The van der Waals surface area contributed by atoms with Gasteiger partial charge in [0.15, 0.2) is 0 Å². The van der Waals surface area contributed by atoms with Crippen LogP contribution < -0.4 is 16.0 Å². The van der Waals surface area contributed by atoms with Crippen LogP contribution in [0.2, 0.25) is 0 Å². The number of piperidine rings is 1. The first-order valence-electron chi connectivity index (χ1n) is 7.00. The predicted molar refractivity (Wildman–Crippen MR) is 83.0 cm³/mol. The number of anilines is 2. The minimum Gasteiger partial charge on any atom is -0.386 e. The van der Waals surface area contributed by atoms with Crippen molar-refractivity contribution in [3.8, 4) is 0 Å². The lowest BCUT2D eigenvalue weighted by atomic mass is 9.85. The highest BCUT2D eigenvalue weighted by atomic mass is 16.1. The van der Waals surface area contributed by atoms with Crippen molar-refractivity contribution in [2.24, 2.45) is 5.73 Å². The van der Waals surface area contributed by atoms with E-state index in [1.165, 1.54) is 5.69 Å². The molecular weight excluding hydrogens is 252 g/mol. The summed E-state index contributed by atoms with van der Waals surface area (Å²) in [7, 11) is 5.79. The number of likely N-dealkylation sites (N-methyl/N-ethyl adjacent to an activating group) is 1. The number of hydrogen-bond acceptors (Lipinski definition) is 4. The number of rotatable bonds is 4. The second kappa shape index (κ2) is 5.71. The third-order valence-electron chi connectivity index (χ3n) is 4.42. The summed E-state index contributed by atoms with van der Waals surface area (Å²) in [4.78, 5) is 16.1. The summed E-state index contributed by atoms with van der Waals surface area (Å²) in [6.07, 6.45) is 1.51. The third kappa shape index (κ3) is 2.45. The Labute approximate surface area is 120 Å². The van der Waals surface area contributed by atoms with Crippen LogP contribution >= 0.6 is 0 Å². The Morgan fingerprint density at radius 3 is 2.40 bits per heavy atom. The lowest BCUT2D eigenvalue weighted by Gasteiger charge is -2.44. The van der Waals surface area contributed by atoms with E-state index in [0.717, 1.165) is 31.6 Å². The summed E-state index contributed by atoms with van der Waals surface area (Å²) in [5.74, 6) is -0.218. The van der Waals surface area contributed by atoms with Gasteiger partial charge in [0.25, 0.3) is 0 Å². The second-order valence-electron chi connectivity index (χ2n) is 5.54. The van der Waals surface area contributed by atoms with Gasteiger partial charge < -0.3 is 16.0 Å². The van der Waals surface area contributed by atoms with E-state index < -0.39 is 5.54 Å². The number of para-hydroxylation sites is 2. The molecule has 0 aromatic heterocycles. The monoisotopic (exact) mass is 276 g/mol. The van der Waals surface area contributed by atoms with Crippen LogP contribution in [0.5, 0.6) is 0 Å². The van der Waals surface area contributed by atoms with Crippen LogP contribution in [0.3, 0.4) is 0 Å². The van der Waals surface area contributed by atoms with Crippen molar-refractivity contribution in [1.82, 2.24) is 4.90 Å². The Morgan fingerprint density at radius 1 is 1.30 bits per heavy atom. The van der Waals surface area contributed by atoms with Gasteiger partial charge in [0, 0.05) is 20.1 Å². The summed E-state index contributed by atoms with van der Waals surface area (Å²) in [6, 6.07) is 8.24. The number of carbonyl (C=O) groups excluding carboxylic acids is 1. The number of amides is 1. The lowest BCUT2D eigenvalue weighted by Crippen LogP contribution is -2.60. The largest absolute Gasteiger partial charge is 0.386 e. The summed E-state index contributed by atoms with van der Waals surface area (Å²) >= 11 is 0. The van der Waals surface area contributed by atoms with E-state index in [1.54, 1.807) is 0 Å². The van der Waals surface area contributed by atoms with Crippen molar-refractivity contribution in [3.05, 3.63) is 24.3 Å². The third-order valence-corrected chi connectivity index (χ3v) is 4.42.